The summed E-state index contributed by atoms with van der Waals surface area (Å²) in [6.07, 6.45) is 0.781. The van der Waals surface area contributed by atoms with Crippen molar-refractivity contribution in [3.63, 3.8) is 0 Å². The summed E-state index contributed by atoms with van der Waals surface area (Å²) in [5.41, 5.74) is 0.521. The van der Waals surface area contributed by atoms with Gasteiger partial charge in [0.1, 0.15) is 12.1 Å². The third kappa shape index (κ3) is 4.29. The van der Waals surface area contributed by atoms with E-state index in [1.807, 2.05) is 11.6 Å². The van der Waals surface area contributed by atoms with Crippen molar-refractivity contribution in [3.8, 4) is 11.5 Å². The number of rotatable bonds is 7. The van der Waals surface area contributed by atoms with Gasteiger partial charge < -0.3 is 14.0 Å². The first kappa shape index (κ1) is 18.3. The fraction of sp³-hybridized carbons (Fsp3) is 0.471. The highest BCUT2D eigenvalue weighted by Gasteiger charge is 2.22. The number of hydrogen-bond donors (Lipinski definition) is 0. The van der Waals surface area contributed by atoms with Crippen molar-refractivity contribution in [2.75, 3.05) is 19.5 Å². The number of nitrogens with zero attached hydrogens (tertiary/aromatic N) is 3. The zero-order chi connectivity index (χ0) is 17.7. The summed E-state index contributed by atoms with van der Waals surface area (Å²) in [5.74, 6) is 2.86. The van der Waals surface area contributed by atoms with Crippen molar-refractivity contribution in [2.24, 2.45) is 7.05 Å². The molecular weight excluding hydrogens is 326 g/mol. The van der Waals surface area contributed by atoms with Gasteiger partial charge in [-0.2, -0.15) is 0 Å². The van der Waals surface area contributed by atoms with Gasteiger partial charge in [0.05, 0.1) is 13.7 Å². The second-order valence-electron chi connectivity index (χ2n) is 6.34. The first-order valence-electron chi connectivity index (χ1n) is 7.65. The molecule has 0 aliphatic heterocycles. The first-order valence-corrected chi connectivity index (χ1v) is 8.64. The molecule has 0 amide bonds. The van der Waals surface area contributed by atoms with E-state index < -0.39 is 0 Å². The average Bonchev–Trinajstić information content (AvgIpc) is 2.92. The van der Waals surface area contributed by atoms with Crippen LogP contribution in [0.15, 0.2) is 23.4 Å². The lowest BCUT2D eigenvalue weighted by Crippen LogP contribution is -2.17. The quantitative estimate of drug-likeness (QED) is 0.435. The van der Waals surface area contributed by atoms with E-state index in [0.717, 1.165) is 23.0 Å². The van der Waals surface area contributed by atoms with E-state index >= 15 is 0 Å². The lowest BCUT2D eigenvalue weighted by atomic mass is 9.96. The van der Waals surface area contributed by atoms with Crippen LogP contribution in [0.4, 0.5) is 0 Å². The fourth-order valence-corrected chi connectivity index (χ4v) is 2.98. The van der Waals surface area contributed by atoms with Gasteiger partial charge in [0.15, 0.2) is 16.7 Å². The predicted molar refractivity (Wildman–Crippen MR) is 94.3 cm³/mol. The largest absolute Gasteiger partial charge is 0.493 e. The molecule has 0 saturated carbocycles. The van der Waals surface area contributed by atoms with E-state index in [0.29, 0.717) is 23.7 Å². The molecule has 0 aliphatic rings. The topological polar surface area (TPSA) is 66.2 Å². The average molecular weight is 349 g/mol. The number of carbonyl (C=O) groups is 1. The molecule has 24 heavy (non-hydrogen) atoms. The SMILES string of the molecule is COc1cc(C=O)ccc1OCCSc1nnc(C(C)(C)C)n1C. The number of aromatic nitrogens is 3. The van der Waals surface area contributed by atoms with Crippen molar-refractivity contribution in [1.29, 1.82) is 0 Å². The molecule has 7 heteroatoms. The lowest BCUT2D eigenvalue weighted by molar-refractivity contribution is 0.112. The molecule has 0 fully saturated rings. The standard InChI is InChI=1S/C17H23N3O3S/c1-17(2,3)15-18-19-16(20(15)4)24-9-8-23-13-7-6-12(11-21)10-14(13)22-5/h6-7,10-11H,8-9H2,1-5H3. The first-order chi connectivity index (χ1) is 11.4. The van der Waals surface area contributed by atoms with Crippen molar-refractivity contribution < 1.29 is 14.3 Å². The van der Waals surface area contributed by atoms with Crippen LogP contribution in [0.1, 0.15) is 37.0 Å². The highest BCUT2D eigenvalue weighted by Crippen LogP contribution is 2.28. The minimum Gasteiger partial charge on any atom is -0.493 e. The molecule has 1 aromatic carbocycles. The maximum absolute atomic E-state index is 10.8. The zero-order valence-corrected chi connectivity index (χ0v) is 15.5. The van der Waals surface area contributed by atoms with Crippen LogP contribution in [0.5, 0.6) is 11.5 Å². The summed E-state index contributed by atoms with van der Waals surface area (Å²) in [4.78, 5) is 10.8. The maximum Gasteiger partial charge on any atom is 0.191 e. The second kappa shape index (κ2) is 7.70. The summed E-state index contributed by atoms with van der Waals surface area (Å²) in [5, 5.41) is 9.38. The number of aldehydes is 1. The Morgan fingerprint density at radius 1 is 1.25 bits per heavy atom. The Kier molecular flexibility index (Phi) is 5.88. The van der Waals surface area contributed by atoms with E-state index in [-0.39, 0.29) is 5.41 Å². The molecule has 1 aromatic heterocycles. The van der Waals surface area contributed by atoms with E-state index in [2.05, 4.69) is 31.0 Å². The number of thioether (sulfide) groups is 1. The molecule has 2 aromatic rings. The van der Waals surface area contributed by atoms with Crippen LogP contribution in [0.3, 0.4) is 0 Å². The molecule has 0 N–H and O–H groups in total. The molecule has 1 heterocycles. The molecule has 0 aliphatic carbocycles. The Hall–Kier alpha value is -2.02. The third-order valence-corrected chi connectivity index (χ3v) is 4.39. The lowest BCUT2D eigenvalue weighted by Gasteiger charge is -2.17. The zero-order valence-electron chi connectivity index (χ0n) is 14.7. The number of methoxy groups -OCH3 is 1. The van der Waals surface area contributed by atoms with Gasteiger partial charge in [-0.1, -0.05) is 32.5 Å². The third-order valence-electron chi connectivity index (χ3n) is 3.40. The van der Waals surface area contributed by atoms with Crippen LogP contribution in [0.2, 0.25) is 0 Å². The van der Waals surface area contributed by atoms with Crippen molar-refractivity contribution >= 4 is 18.0 Å². The van der Waals surface area contributed by atoms with Gasteiger partial charge in [-0.15, -0.1) is 10.2 Å². The number of benzene rings is 1. The molecule has 0 radical (unpaired) electrons. The summed E-state index contributed by atoms with van der Waals surface area (Å²) < 4.78 is 13.0. The van der Waals surface area contributed by atoms with Crippen molar-refractivity contribution in [2.45, 2.75) is 31.3 Å². The fourth-order valence-electron chi connectivity index (χ4n) is 2.26. The van der Waals surface area contributed by atoms with Gasteiger partial charge in [-0.25, -0.2) is 0 Å². The molecule has 2 rings (SSSR count). The second-order valence-corrected chi connectivity index (χ2v) is 7.40. The van der Waals surface area contributed by atoms with Crippen LogP contribution in [-0.2, 0) is 12.5 Å². The van der Waals surface area contributed by atoms with E-state index in [1.165, 1.54) is 0 Å². The Morgan fingerprint density at radius 2 is 2.00 bits per heavy atom. The number of carbonyl (C=O) groups excluding carboxylic acids is 1. The van der Waals surface area contributed by atoms with Gasteiger partial charge >= 0.3 is 0 Å². The normalized spacial score (nSPS) is 11.4. The van der Waals surface area contributed by atoms with Gasteiger partial charge in [0.2, 0.25) is 0 Å². The molecule has 0 saturated heterocycles. The van der Waals surface area contributed by atoms with Crippen LogP contribution in [0.25, 0.3) is 0 Å². The molecular formula is C17H23N3O3S. The smallest absolute Gasteiger partial charge is 0.191 e. The summed E-state index contributed by atoms with van der Waals surface area (Å²) in [6, 6.07) is 5.11. The molecule has 0 bridgehead atoms. The molecule has 0 unspecified atom stereocenters. The van der Waals surface area contributed by atoms with Crippen LogP contribution in [-0.4, -0.2) is 40.5 Å². The highest BCUT2D eigenvalue weighted by atomic mass is 32.2. The Labute approximate surface area is 146 Å². The maximum atomic E-state index is 10.8. The van der Waals surface area contributed by atoms with Crippen LogP contribution < -0.4 is 9.47 Å². The highest BCUT2D eigenvalue weighted by molar-refractivity contribution is 7.99. The van der Waals surface area contributed by atoms with Gasteiger partial charge in [0, 0.05) is 23.8 Å². The van der Waals surface area contributed by atoms with Crippen LogP contribution in [0, 0.1) is 0 Å². The minimum atomic E-state index is -0.0370. The molecule has 6 nitrogen and oxygen atoms in total. The molecule has 0 spiro atoms. The van der Waals surface area contributed by atoms with Crippen LogP contribution >= 0.6 is 11.8 Å². The number of hydrogen-bond acceptors (Lipinski definition) is 6. The van der Waals surface area contributed by atoms with E-state index in [4.69, 9.17) is 9.47 Å². The van der Waals surface area contributed by atoms with E-state index in [9.17, 15) is 4.79 Å². The Balaban J connectivity index is 1.92. The Bertz CT molecular complexity index is 708. The van der Waals surface area contributed by atoms with Crippen molar-refractivity contribution in [3.05, 3.63) is 29.6 Å². The summed E-state index contributed by atoms with van der Waals surface area (Å²) in [6.45, 7) is 6.84. The number of ether oxygens (including phenoxy) is 2. The van der Waals surface area contributed by atoms with Gasteiger partial charge in [-0.05, 0) is 18.2 Å². The minimum absolute atomic E-state index is 0.0370. The molecule has 0 atom stereocenters. The monoisotopic (exact) mass is 349 g/mol. The summed E-state index contributed by atoms with van der Waals surface area (Å²) in [7, 11) is 3.53. The Morgan fingerprint density at radius 3 is 2.58 bits per heavy atom. The van der Waals surface area contributed by atoms with Crippen molar-refractivity contribution in [1.82, 2.24) is 14.8 Å². The van der Waals surface area contributed by atoms with Gasteiger partial charge in [0.25, 0.3) is 0 Å². The van der Waals surface area contributed by atoms with E-state index in [1.54, 1.807) is 37.1 Å². The molecule has 130 valence electrons. The predicted octanol–water partition coefficient (Wildman–Crippen LogP) is 3.10. The van der Waals surface area contributed by atoms with Gasteiger partial charge in [-0.3, -0.25) is 4.79 Å². The summed E-state index contributed by atoms with van der Waals surface area (Å²) >= 11 is 1.59.